The zero-order valence-electron chi connectivity index (χ0n) is 15.2. The van der Waals surface area contributed by atoms with Crippen LogP contribution in [0.4, 0.5) is 0 Å². The Balaban J connectivity index is 0. The highest BCUT2D eigenvalue weighted by molar-refractivity contribution is 5.89. The minimum Gasteiger partial charge on any atom is -0.478 e. The van der Waals surface area contributed by atoms with Gasteiger partial charge in [0.2, 0.25) is 0 Å². The van der Waals surface area contributed by atoms with E-state index in [-0.39, 0.29) is 36.8 Å². The number of ether oxygens (including phenoxy) is 2. The van der Waals surface area contributed by atoms with E-state index in [1.165, 1.54) is 13.0 Å². The Kier molecular flexibility index (Phi) is 15.0. The van der Waals surface area contributed by atoms with Crippen molar-refractivity contribution in [3.8, 4) is 0 Å². The molecule has 0 spiro atoms. The van der Waals surface area contributed by atoms with Crippen LogP contribution in [0.3, 0.4) is 0 Å². The number of carboxylic acids is 1. The molecule has 0 aliphatic heterocycles. The first-order valence-corrected chi connectivity index (χ1v) is 7.85. The molecule has 7 heteroatoms. The SMILES string of the molecule is C=C(C)C(=O)OCCCC.C=C(CC=C(C)C(=O)O)C(=O)OCCO. The van der Waals surface area contributed by atoms with Crippen LogP contribution in [-0.4, -0.2) is 47.9 Å². The number of aliphatic hydroxyl groups is 1. The topological polar surface area (TPSA) is 110 Å². The predicted octanol–water partition coefficient (Wildman–Crippen LogP) is 2.40. The number of carbonyl (C=O) groups is 3. The molecule has 0 aliphatic rings. The highest BCUT2D eigenvalue weighted by Gasteiger charge is 2.07. The molecule has 0 aromatic rings. The Hall–Kier alpha value is -2.41. The van der Waals surface area contributed by atoms with Crippen molar-refractivity contribution in [3.63, 3.8) is 0 Å². The summed E-state index contributed by atoms with van der Waals surface area (Å²) >= 11 is 0. The van der Waals surface area contributed by atoms with Gasteiger partial charge in [0.15, 0.2) is 0 Å². The van der Waals surface area contributed by atoms with Gasteiger partial charge in [-0.2, -0.15) is 0 Å². The van der Waals surface area contributed by atoms with Crippen LogP contribution in [0, 0.1) is 0 Å². The molecule has 0 radical (unpaired) electrons. The summed E-state index contributed by atoms with van der Waals surface area (Å²) in [5.74, 6) is -1.95. The molecule has 0 aromatic carbocycles. The van der Waals surface area contributed by atoms with Gasteiger partial charge < -0.3 is 19.7 Å². The second kappa shape index (κ2) is 15.1. The molecule has 0 heterocycles. The minimum atomic E-state index is -1.04. The molecule has 142 valence electrons. The van der Waals surface area contributed by atoms with Crippen LogP contribution >= 0.6 is 0 Å². The quantitative estimate of drug-likeness (QED) is 0.351. The van der Waals surface area contributed by atoms with E-state index in [1.807, 2.05) is 0 Å². The van der Waals surface area contributed by atoms with Gasteiger partial charge in [-0.1, -0.05) is 32.6 Å². The molecule has 0 aliphatic carbocycles. The van der Waals surface area contributed by atoms with Crippen molar-refractivity contribution >= 4 is 17.9 Å². The minimum absolute atomic E-state index is 0.0838. The molecule has 0 fully saturated rings. The number of unbranched alkanes of at least 4 members (excludes halogenated alkanes) is 1. The van der Waals surface area contributed by atoms with Gasteiger partial charge in [-0.25, -0.2) is 14.4 Å². The van der Waals surface area contributed by atoms with Crippen molar-refractivity contribution in [1.29, 1.82) is 0 Å². The molecule has 7 nitrogen and oxygen atoms in total. The number of hydrogen-bond acceptors (Lipinski definition) is 6. The van der Waals surface area contributed by atoms with E-state index < -0.39 is 11.9 Å². The van der Waals surface area contributed by atoms with Gasteiger partial charge in [0.05, 0.1) is 13.2 Å². The normalized spacial score (nSPS) is 10.2. The summed E-state index contributed by atoms with van der Waals surface area (Å²) < 4.78 is 9.39. The maximum absolute atomic E-state index is 11.1. The number of rotatable bonds is 10. The average molecular weight is 356 g/mol. The number of esters is 2. The van der Waals surface area contributed by atoms with Gasteiger partial charge >= 0.3 is 17.9 Å². The van der Waals surface area contributed by atoms with Crippen molar-refractivity contribution in [2.24, 2.45) is 0 Å². The Bertz CT molecular complexity index is 504. The fourth-order valence-corrected chi connectivity index (χ4v) is 1.12. The Labute approximate surface area is 148 Å². The summed E-state index contributed by atoms with van der Waals surface area (Å²) in [7, 11) is 0. The zero-order chi connectivity index (χ0) is 19.8. The Morgan fingerprint density at radius 3 is 2.04 bits per heavy atom. The van der Waals surface area contributed by atoms with Crippen LogP contribution in [0.2, 0.25) is 0 Å². The standard InChI is InChI=1S/C10H14O5.C8H14O2/c1-7(9(12)13)3-4-8(2)10(14)15-6-5-11;1-4-5-6-10-8(9)7(2)3/h3,11H,2,4-6H2,1H3,(H,12,13);2,4-6H2,1,3H3. The van der Waals surface area contributed by atoms with E-state index in [9.17, 15) is 14.4 Å². The first kappa shape index (κ1) is 24.8. The van der Waals surface area contributed by atoms with Crippen LogP contribution in [0.1, 0.15) is 40.0 Å². The molecule has 0 unspecified atom stereocenters. The predicted molar refractivity (Wildman–Crippen MR) is 93.9 cm³/mol. The summed E-state index contributed by atoms with van der Waals surface area (Å²) in [5, 5.41) is 16.9. The van der Waals surface area contributed by atoms with Crippen LogP contribution < -0.4 is 0 Å². The molecule has 0 aromatic heterocycles. The fraction of sp³-hybridized carbons (Fsp3) is 0.500. The molecule has 0 rings (SSSR count). The van der Waals surface area contributed by atoms with Crippen LogP contribution in [0.15, 0.2) is 36.0 Å². The lowest BCUT2D eigenvalue weighted by molar-refractivity contribution is -0.140. The van der Waals surface area contributed by atoms with E-state index in [0.29, 0.717) is 12.2 Å². The van der Waals surface area contributed by atoms with Crippen molar-refractivity contribution in [2.45, 2.75) is 40.0 Å². The Morgan fingerprint density at radius 2 is 1.60 bits per heavy atom. The molecular formula is C18H28O7. The molecule has 2 N–H and O–H groups in total. The van der Waals surface area contributed by atoms with Gasteiger partial charge in [-0.05, 0) is 26.7 Å². The number of aliphatic carboxylic acids is 1. The summed E-state index contributed by atoms with van der Waals surface area (Å²) in [5.41, 5.74) is 0.770. The van der Waals surface area contributed by atoms with Crippen molar-refractivity contribution in [2.75, 3.05) is 19.8 Å². The lowest BCUT2D eigenvalue weighted by atomic mass is 10.1. The molecule has 0 saturated carbocycles. The monoisotopic (exact) mass is 356 g/mol. The van der Waals surface area contributed by atoms with Crippen LogP contribution in [0.5, 0.6) is 0 Å². The maximum Gasteiger partial charge on any atom is 0.333 e. The molecule has 25 heavy (non-hydrogen) atoms. The van der Waals surface area contributed by atoms with Crippen molar-refractivity contribution in [3.05, 3.63) is 36.0 Å². The van der Waals surface area contributed by atoms with Crippen molar-refractivity contribution in [1.82, 2.24) is 0 Å². The molecule has 0 saturated heterocycles. The number of allylic oxidation sites excluding steroid dienone is 1. The van der Waals surface area contributed by atoms with Gasteiger partial charge in [0.1, 0.15) is 6.61 Å². The Morgan fingerprint density at radius 1 is 1.04 bits per heavy atom. The molecular weight excluding hydrogens is 328 g/mol. The van der Waals surface area contributed by atoms with Gasteiger partial charge in [0, 0.05) is 16.7 Å². The summed E-state index contributed by atoms with van der Waals surface area (Å²) in [6.07, 6.45) is 3.48. The third kappa shape index (κ3) is 14.9. The number of carboxylic acid groups (broad SMARTS) is 1. The van der Waals surface area contributed by atoms with Gasteiger partial charge in [-0.15, -0.1) is 0 Å². The lowest BCUT2D eigenvalue weighted by Gasteiger charge is -2.03. The number of hydrogen-bond donors (Lipinski definition) is 2. The van der Waals surface area contributed by atoms with E-state index in [1.54, 1.807) is 6.92 Å². The van der Waals surface area contributed by atoms with E-state index in [2.05, 4.69) is 24.8 Å². The van der Waals surface area contributed by atoms with Crippen LogP contribution in [0.25, 0.3) is 0 Å². The van der Waals surface area contributed by atoms with Gasteiger partial charge in [-0.3, -0.25) is 0 Å². The summed E-state index contributed by atoms with van der Waals surface area (Å²) in [6, 6.07) is 0. The van der Waals surface area contributed by atoms with Crippen LogP contribution in [-0.2, 0) is 23.9 Å². The fourth-order valence-electron chi connectivity index (χ4n) is 1.12. The first-order valence-electron chi connectivity index (χ1n) is 7.85. The second-order valence-electron chi connectivity index (χ2n) is 5.13. The first-order chi connectivity index (χ1) is 11.7. The van der Waals surface area contributed by atoms with E-state index in [4.69, 9.17) is 14.9 Å². The zero-order valence-corrected chi connectivity index (χ0v) is 15.2. The summed E-state index contributed by atoms with van der Waals surface area (Å²) in [4.78, 5) is 32.2. The third-order valence-corrected chi connectivity index (χ3v) is 2.68. The maximum atomic E-state index is 11.1. The largest absolute Gasteiger partial charge is 0.478 e. The summed E-state index contributed by atoms with van der Waals surface area (Å²) in [6.45, 7) is 12.2. The molecule has 0 bridgehead atoms. The molecule has 0 amide bonds. The third-order valence-electron chi connectivity index (χ3n) is 2.68. The highest BCUT2D eigenvalue weighted by Crippen LogP contribution is 2.05. The number of aliphatic hydroxyl groups excluding tert-OH is 1. The van der Waals surface area contributed by atoms with E-state index in [0.717, 1.165) is 12.8 Å². The smallest absolute Gasteiger partial charge is 0.333 e. The van der Waals surface area contributed by atoms with Gasteiger partial charge in [0.25, 0.3) is 0 Å². The average Bonchev–Trinajstić information content (AvgIpc) is 2.57. The highest BCUT2D eigenvalue weighted by atomic mass is 16.5. The second-order valence-corrected chi connectivity index (χ2v) is 5.13. The molecule has 0 atom stereocenters. The van der Waals surface area contributed by atoms with Crippen molar-refractivity contribution < 1.29 is 34.1 Å². The lowest BCUT2D eigenvalue weighted by Crippen LogP contribution is -2.10. The number of carbonyl (C=O) groups excluding carboxylic acids is 2. The van der Waals surface area contributed by atoms with E-state index >= 15 is 0 Å².